The number of carbonyl (C=O) groups excluding carboxylic acids is 1. The average Bonchev–Trinajstić information content (AvgIpc) is 2.60. The summed E-state index contributed by atoms with van der Waals surface area (Å²) in [4.78, 5) is 11.1. The first-order valence-corrected chi connectivity index (χ1v) is 5.09. The van der Waals surface area contributed by atoms with Crippen LogP contribution in [0.25, 0.3) is 10.9 Å². The van der Waals surface area contributed by atoms with E-state index in [1.165, 1.54) is 0 Å². The van der Waals surface area contributed by atoms with Gasteiger partial charge in [-0.1, -0.05) is 6.07 Å². The lowest BCUT2D eigenvalue weighted by Gasteiger charge is -2.06. The largest absolute Gasteiger partial charge is 0.366 e. The number of carbonyl (C=O) groups is 1. The summed E-state index contributed by atoms with van der Waals surface area (Å²) in [5.41, 5.74) is 12.3. The number of primary amides is 1. The lowest BCUT2D eigenvalue weighted by molar-refractivity contribution is 0.100. The number of hydrogen-bond donors (Lipinski definition) is 2. The molecule has 4 N–H and O–H groups in total. The molecule has 5 heteroatoms. The number of benzene rings is 1. The Morgan fingerprint density at radius 3 is 2.94 bits per heavy atom. The van der Waals surface area contributed by atoms with Gasteiger partial charge in [0, 0.05) is 17.0 Å². The first-order chi connectivity index (χ1) is 7.58. The highest BCUT2D eigenvalue weighted by molar-refractivity contribution is 5.96. The van der Waals surface area contributed by atoms with E-state index in [1.807, 2.05) is 13.0 Å². The van der Waals surface area contributed by atoms with Crippen molar-refractivity contribution in [3.63, 3.8) is 0 Å². The van der Waals surface area contributed by atoms with Gasteiger partial charge in [-0.2, -0.15) is 5.10 Å². The molecule has 0 aliphatic rings. The summed E-state index contributed by atoms with van der Waals surface area (Å²) in [6.45, 7) is 2.52. The van der Waals surface area contributed by atoms with Crippen LogP contribution >= 0.6 is 0 Å². The van der Waals surface area contributed by atoms with Crippen molar-refractivity contribution in [1.82, 2.24) is 9.78 Å². The summed E-state index contributed by atoms with van der Waals surface area (Å²) in [5.74, 6) is -0.435. The molecule has 16 heavy (non-hydrogen) atoms. The van der Waals surface area contributed by atoms with Crippen molar-refractivity contribution < 1.29 is 4.79 Å². The molecule has 5 nitrogen and oxygen atoms in total. The van der Waals surface area contributed by atoms with Crippen LogP contribution in [0.15, 0.2) is 24.4 Å². The van der Waals surface area contributed by atoms with E-state index < -0.39 is 5.91 Å². The molecule has 1 aromatic carbocycles. The highest BCUT2D eigenvalue weighted by atomic mass is 16.1. The van der Waals surface area contributed by atoms with Gasteiger partial charge in [0.1, 0.15) is 0 Å². The van der Waals surface area contributed by atoms with Crippen LogP contribution < -0.4 is 11.5 Å². The topological polar surface area (TPSA) is 86.9 Å². The Morgan fingerprint density at radius 2 is 2.31 bits per heavy atom. The van der Waals surface area contributed by atoms with Gasteiger partial charge in [0.15, 0.2) is 0 Å². The lowest BCUT2D eigenvalue weighted by atomic mass is 10.1. The van der Waals surface area contributed by atoms with Gasteiger partial charge in [0.25, 0.3) is 0 Å². The highest BCUT2D eigenvalue weighted by Gasteiger charge is 2.07. The summed E-state index contributed by atoms with van der Waals surface area (Å²) in [5, 5.41) is 5.20. The van der Waals surface area contributed by atoms with Crippen LogP contribution in [-0.4, -0.2) is 21.7 Å². The second-order valence-electron chi connectivity index (χ2n) is 3.94. The predicted octanol–water partition coefficient (Wildman–Crippen LogP) is 0.482. The fraction of sp³-hybridized carbons (Fsp3) is 0.273. The van der Waals surface area contributed by atoms with E-state index >= 15 is 0 Å². The Kier molecular flexibility index (Phi) is 2.62. The van der Waals surface area contributed by atoms with Gasteiger partial charge in [-0.3, -0.25) is 9.48 Å². The molecule has 1 atom stereocenters. The quantitative estimate of drug-likeness (QED) is 0.785. The normalized spacial score (nSPS) is 12.9. The molecule has 0 saturated carbocycles. The van der Waals surface area contributed by atoms with E-state index in [1.54, 1.807) is 23.0 Å². The first kappa shape index (κ1) is 10.6. The molecule has 0 spiro atoms. The molecule has 0 radical (unpaired) electrons. The van der Waals surface area contributed by atoms with Crippen LogP contribution in [0.5, 0.6) is 0 Å². The maximum absolute atomic E-state index is 11.1. The summed E-state index contributed by atoms with van der Waals surface area (Å²) < 4.78 is 1.78. The second kappa shape index (κ2) is 3.94. The molecule has 84 valence electrons. The van der Waals surface area contributed by atoms with E-state index in [4.69, 9.17) is 11.5 Å². The standard InChI is InChI=1S/C11H14N4O/c1-7(12)6-15-10-4-8(11(13)16)2-3-9(10)5-14-15/h2-5,7H,6,12H2,1H3,(H2,13,16). The van der Waals surface area contributed by atoms with Crippen molar-refractivity contribution in [2.24, 2.45) is 11.5 Å². The summed E-state index contributed by atoms with van der Waals surface area (Å²) in [6, 6.07) is 5.29. The Bertz CT molecular complexity index is 530. The molecule has 1 amide bonds. The minimum atomic E-state index is -0.435. The monoisotopic (exact) mass is 218 g/mol. The minimum absolute atomic E-state index is 0.0142. The molecule has 0 aliphatic heterocycles. The van der Waals surface area contributed by atoms with Crippen molar-refractivity contribution >= 4 is 16.8 Å². The maximum atomic E-state index is 11.1. The van der Waals surface area contributed by atoms with Crippen molar-refractivity contribution in [3.05, 3.63) is 30.0 Å². The van der Waals surface area contributed by atoms with E-state index in [2.05, 4.69) is 5.10 Å². The number of nitrogens with two attached hydrogens (primary N) is 2. The zero-order valence-corrected chi connectivity index (χ0v) is 9.05. The smallest absolute Gasteiger partial charge is 0.248 e. The van der Waals surface area contributed by atoms with Gasteiger partial charge >= 0.3 is 0 Å². The zero-order valence-electron chi connectivity index (χ0n) is 9.05. The maximum Gasteiger partial charge on any atom is 0.248 e. The molecule has 1 unspecified atom stereocenters. The van der Waals surface area contributed by atoms with Crippen LogP contribution in [0, 0.1) is 0 Å². The Labute approximate surface area is 93.0 Å². The van der Waals surface area contributed by atoms with Gasteiger partial charge < -0.3 is 11.5 Å². The molecule has 0 fully saturated rings. The zero-order chi connectivity index (χ0) is 11.7. The Balaban J connectivity index is 2.51. The minimum Gasteiger partial charge on any atom is -0.366 e. The van der Waals surface area contributed by atoms with E-state index in [0.29, 0.717) is 12.1 Å². The number of amides is 1. The lowest BCUT2D eigenvalue weighted by Crippen LogP contribution is -2.22. The van der Waals surface area contributed by atoms with Crippen LogP contribution in [0.1, 0.15) is 17.3 Å². The Morgan fingerprint density at radius 1 is 1.56 bits per heavy atom. The molecule has 2 aromatic rings. The number of hydrogen-bond acceptors (Lipinski definition) is 3. The van der Waals surface area contributed by atoms with E-state index in [9.17, 15) is 4.79 Å². The summed E-state index contributed by atoms with van der Waals surface area (Å²) >= 11 is 0. The molecular formula is C11H14N4O. The predicted molar refractivity (Wildman–Crippen MR) is 61.9 cm³/mol. The van der Waals surface area contributed by atoms with Crippen LogP contribution in [0.4, 0.5) is 0 Å². The molecule has 0 bridgehead atoms. The van der Waals surface area contributed by atoms with E-state index in [0.717, 1.165) is 10.9 Å². The first-order valence-electron chi connectivity index (χ1n) is 5.09. The van der Waals surface area contributed by atoms with Crippen molar-refractivity contribution in [2.45, 2.75) is 19.5 Å². The second-order valence-corrected chi connectivity index (χ2v) is 3.94. The molecule has 0 aliphatic carbocycles. The van der Waals surface area contributed by atoms with Gasteiger partial charge in [0.2, 0.25) is 5.91 Å². The van der Waals surface area contributed by atoms with Crippen LogP contribution in [0.2, 0.25) is 0 Å². The van der Waals surface area contributed by atoms with Gasteiger partial charge in [-0.25, -0.2) is 0 Å². The average molecular weight is 218 g/mol. The molecule has 0 saturated heterocycles. The number of rotatable bonds is 3. The third-order valence-corrected chi connectivity index (χ3v) is 2.39. The van der Waals surface area contributed by atoms with Gasteiger partial charge in [-0.05, 0) is 19.1 Å². The fourth-order valence-electron chi connectivity index (χ4n) is 1.64. The van der Waals surface area contributed by atoms with Crippen molar-refractivity contribution in [1.29, 1.82) is 0 Å². The van der Waals surface area contributed by atoms with Crippen molar-refractivity contribution in [2.75, 3.05) is 0 Å². The van der Waals surface area contributed by atoms with Crippen LogP contribution in [0.3, 0.4) is 0 Å². The Hall–Kier alpha value is -1.88. The number of aromatic nitrogens is 2. The third kappa shape index (κ3) is 1.90. The molecule has 1 heterocycles. The molecular weight excluding hydrogens is 204 g/mol. The SMILES string of the molecule is CC(N)Cn1ncc2ccc(C(N)=O)cc21. The summed E-state index contributed by atoms with van der Waals surface area (Å²) in [7, 11) is 0. The van der Waals surface area contributed by atoms with Crippen molar-refractivity contribution in [3.8, 4) is 0 Å². The number of fused-ring (bicyclic) bond motifs is 1. The van der Waals surface area contributed by atoms with Crippen LogP contribution in [-0.2, 0) is 6.54 Å². The highest BCUT2D eigenvalue weighted by Crippen LogP contribution is 2.15. The summed E-state index contributed by atoms with van der Waals surface area (Å²) in [6.07, 6.45) is 1.75. The van der Waals surface area contributed by atoms with Gasteiger partial charge in [0.05, 0.1) is 18.3 Å². The molecule has 1 aromatic heterocycles. The van der Waals surface area contributed by atoms with Gasteiger partial charge in [-0.15, -0.1) is 0 Å². The molecule has 2 rings (SSSR count). The van der Waals surface area contributed by atoms with E-state index in [-0.39, 0.29) is 6.04 Å². The number of nitrogens with zero attached hydrogens (tertiary/aromatic N) is 2. The third-order valence-electron chi connectivity index (χ3n) is 2.39. The fourth-order valence-corrected chi connectivity index (χ4v) is 1.64.